The van der Waals surface area contributed by atoms with Gasteiger partial charge in [-0.1, -0.05) is 36.4 Å². The third-order valence-electron chi connectivity index (χ3n) is 3.35. The minimum Gasteiger partial charge on any atom is -0.406 e. The van der Waals surface area contributed by atoms with Gasteiger partial charge in [-0.2, -0.15) is 0 Å². The molecule has 0 spiro atoms. The fourth-order valence-corrected chi connectivity index (χ4v) is 3.39. The summed E-state index contributed by atoms with van der Waals surface area (Å²) in [6.45, 7) is 0. The molecule has 25 heavy (non-hydrogen) atoms. The third kappa shape index (κ3) is 4.21. The Bertz CT molecular complexity index is 1020. The molecule has 0 aliphatic carbocycles. The van der Waals surface area contributed by atoms with Crippen LogP contribution in [0.25, 0.3) is 10.8 Å². The summed E-state index contributed by atoms with van der Waals surface area (Å²) in [4.78, 5) is 0.00772. The topological polar surface area (TPSA) is 55.4 Å². The van der Waals surface area contributed by atoms with Gasteiger partial charge in [-0.15, -0.1) is 13.2 Å². The van der Waals surface area contributed by atoms with Crippen molar-refractivity contribution in [3.63, 3.8) is 0 Å². The standard InChI is InChI=1S/C17H12F3NO3S/c18-17(19,20)24-15-7-3-6-14(11-15)21-25(22,23)16-9-8-12-4-1-2-5-13(12)10-16/h1-11,21H. The molecule has 1 N–H and O–H groups in total. The molecule has 0 aromatic heterocycles. The monoisotopic (exact) mass is 367 g/mol. The fourth-order valence-electron chi connectivity index (χ4n) is 2.31. The Morgan fingerprint density at radius 1 is 0.840 bits per heavy atom. The van der Waals surface area contributed by atoms with Crippen LogP contribution in [0.3, 0.4) is 0 Å². The van der Waals surface area contributed by atoms with E-state index in [2.05, 4.69) is 9.46 Å². The number of ether oxygens (including phenoxy) is 1. The van der Waals surface area contributed by atoms with Gasteiger partial charge in [-0.05, 0) is 35.0 Å². The third-order valence-corrected chi connectivity index (χ3v) is 4.73. The van der Waals surface area contributed by atoms with Gasteiger partial charge >= 0.3 is 6.36 Å². The van der Waals surface area contributed by atoms with Gasteiger partial charge in [0.05, 0.1) is 10.6 Å². The molecular formula is C17H12F3NO3S. The van der Waals surface area contributed by atoms with E-state index in [4.69, 9.17) is 0 Å². The van der Waals surface area contributed by atoms with E-state index in [-0.39, 0.29) is 10.6 Å². The van der Waals surface area contributed by atoms with Crippen molar-refractivity contribution in [2.24, 2.45) is 0 Å². The summed E-state index contributed by atoms with van der Waals surface area (Å²) >= 11 is 0. The number of sulfonamides is 1. The molecule has 0 fully saturated rings. The van der Waals surface area contributed by atoms with Crippen molar-refractivity contribution in [2.45, 2.75) is 11.3 Å². The largest absolute Gasteiger partial charge is 0.573 e. The molecule has 0 bridgehead atoms. The maximum atomic E-state index is 12.5. The van der Waals surface area contributed by atoms with Gasteiger partial charge in [0.2, 0.25) is 0 Å². The average molecular weight is 367 g/mol. The van der Waals surface area contributed by atoms with Gasteiger partial charge in [-0.3, -0.25) is 4.72 Å². The highest BCUT2D eigenvalue weighted by Gasteiger charge is 2.31. The van der Waals surface area contributed by atoms with Crippen LogP contribution < -0.4 is 9.46 Å². The molecule has 0 aliphatic heterocycles. The number of hydrogen-bond donors (Lipinski definition) is 1. The molecule has 0 heterocycles. The van der Waals surface area contributed by atoms with Crippen LogP contribution in [0.5, 0.6) is 5.75 Å². The van der Waals surface area contributed by atoms with Crippen LogP contribution in [0, 0.1) is 0 Å². The molecule has 4 nitrogen and oxygen atoms in total. The molecule has 3 aromatic carbocycles. The van der Waals surface area contributed by atoms with Crippen LogP contribution in [0.2, 0.25) is 0 Å². The van der Waals surface area contributed by atoms with Crippen LogP contribution in [0.4, 0.5) is 18.9 Å². The molecule has 8 heteroatoms. The van der Waals surface area contributed by atoms with Gasteiger partial charge in [-0.25, -0.2) is 8.42 Å². The van der Waals surface area contributed by atoms with E-state index in [0.717, 1.165) is 22.9 Å². The summed E-state index contributed by atoms with van der Waals surface area (Å²) in [5.41, 5.74) is -0.0325. The maximum Gasteiger partial charge on any atom is 0.573 e. The van der Waals surface area contributed by atoms with E-state index >= 15 is 0 Å². The quantitative estimate of drug-likeness (QED) is 0.737. The van der Waals surface area contributed by atoms with Crippen LogP contribution in [0.1, 0.15) is 0 Å². The molecule has 0 saturated heterocycles. The predicted octanol–water partition coefficient (Wildman–Crippen LogP) is 4.54. The first-order chi connectivity index (χ1) is 11.7. The zero-order valence-corrected chi connectivity index (χ0v) is 13.4. The Morgan fingerprint density at radius 2 is 1.56 bits per heavy atom. The van der Waals surface area contributed by atoms with Gasteiger partial charge in [0.25, 0.3) is 10.0 Å². The highest BCUT2D eigenvalue weighted by molar-refractivity contribution is 7.92. The van der Waals surface area contributed by atoms with Crippen molar-refractivity contribution < 1.29 is 26.3 Å². The minimum absolute atomic E-state index is 0.00772. The molecule has 0 atom stereocenters. The highest BCUT2D eigenvalue weighted by Crippen LogP contribution is 2.27. The Labute approximate surface area is 141 Å². The van der Waals surface area contributed by atoms with Crippen molar-refractivity contribution in [2.75, 3.05) is 4.72 Å². The number of anilines is 1. The molecule has 3 rings (SSSR count). The smallest absolute Gasteiger partial charge is 0.406 e. The average Bonchev–Trinajstić information content (AvgIpc) is 2.52. The predicted molar refractivity (Wildman–Crippen MR) is 87.9 cm³/mol. The van der Waals surface area contributed by atoms with Crippen LogP contribution in [-0.2, 0) is 10.0 Å². The summed E-state index contributed by atoms with van der Waals surface area (Å²) in [6, 6.07) is 16.5. The van der Waals surface area contributed by atoms with Crippen molar-refractivity contribution in [1.82, 2.24) is 0 Å². The Balaban J connectivity index is 1.89. The first kappa shape index (κ1) is 17.1. The fraction of sp³-hybridized carbons (Fsp3) is 0.0588. The highest BCUT2D eigenvalue weighted by atomic mass is 32.2. The van der Waals surface area contributed by atoms with E-state index in [1.165, 1.54) is 24.3 Å². The van der Waals surface area contributed by atoms with E-state index < -0.39 is 22.1 Å². The number of nitrogens with one attached hydrogen (secondary N) is 1. The number of fused-ring (bicyclic) bond motifs is 1. The summed E-state index contributed by atoms with van der Waals surface area (Å²) in [5, 5.41) is 1.61. The van der Waals surface area contributed by atoms with Gasteiger partial charge < -0.3 is 4.74 Å². The lowest BCUT2D eigenvalue weighted by molar-refractivity contribution is -0.274. The van der Waals surface area contributed by atoms with E-state index in [1.54, 1.807) is 18.2 Å². The molecular weight excluding hydrogens is 355 g/mol. The summed E-state index contributed by atoms with van der Waals surface area (Å²) in [5.74, 6) is -0.508. The van der Waals surface area contributed by atoms with E-state index in [9.17, 15) is 21.6 Å². The lowest BCUT2D eigenvalue weighted by Crippen LogP contribution is -2.17. The zero-order chi connectivity index (χ0) is 18.1. The molecule has 0 aliphatic rings. The van der Waals surface area contributed by atoms with E-state index in [0.29, 0.717) is 0 Å². The second kappa shape index (κ2) is 6.29. The van der Waals surface area contributed by atoms with Crippen molar-refractivity contribution in [3.8, 4) is 5.75 Å². The van der Waals surface area contributed by atoms with E-state index in [1.807, 2.05) is 12.1 Å². The molecule has 0 unspecified atom stereocenters. The molecule has 130 valence electrons. The lowest BCUT2D eigenvalue weighted by Gasteiger charge is -2.12. The minimum atomic E-state index is -4.85. The SMILES string of the molecule is O=S(=O)(Nc1cccc(OC(F)(F)F)c1)c1ccc2ccccc2c1. The van der Waals surface area contributed by atoms with Gasteiger partial charge in [0.1, 0.15) is 5.75 Å². The molecule has 0 radical (unpaired) electrons. The Morgan fingerprint density at radius 3 is 2.28 bits per heavy atom. The second-order valence-electron chi connectivity index (χ2n) is 5.19. The summed E-state index contributed by atoms with van der Waals surface area (Å²) < 4.78 is 67.8. The molecule has 0 saturated carbocycles. The number of hydrogen-bond acceptors (Lipinski definition) is 3. The lowest BCUT2D eigenvalue weighted by atomic mass is 10.1. The van der Waals surface area contributed by atoms with Gasteiger partial charge in [0, 0.05) is 6.07 Å². The van der Waals surface area contributed by atoms with Gasteiger partial charge in [0.15, 0.2) is 0 Å². The maximum absolute atomic E-state index is 12.5. The zero-order valence-electron chi connectivity index (χ0n) is 12.6. The normalized spacial score (nSPS) is 12.1. The van der Waals surface area contributed by atoms with Crippen molar-refractivity contribution >= 4 is 26.5 Å². The summed E-state index contributed by atoms with van der Waals surface area (Å²) in [7, 11) is -3.95. The number of halogens is 3. The molecule has 3 aromatic rings. The van der Waals surface area contributed by atoms with Crippen molar-refractivity contribution in [3.05, 3.63) is 66.7 Å². The first-order valence-corrected chi connectivity index (χ1v) is 8.59. The number of alkyl halides is 3. The van der Waals surface area contributed by atoms with Crippen molar-refractivity contribution in [1.29, 1.82) is 0 Å². The Hall–Kier alpha value is -2.74. The van der Waals surface area contributed by atoms with Crippen LogP contribution in [-0.4, -0.2) is 14.8 Å². The summed E-state index contributed by atoms with van der Waals surface area (Å²) in [6.07, 6.45) is -4.85. The molecule has 0 amide bonds. The second-order valence-corrected chi connectivity index (χ2v) is 6.87. The van der Waals surface area contributed by atoms with Crippen LogP contribution in [0.15, 0.2) is 71.6 Å². The number of benzene rings is 3. The Kier molecular flexibility index (Phi) is 4.30. The number of rotatable bonds is 4. The van der Waals surface area contributed by atoms with Crippen LogP contribution >= 0.6 is 0 Å². The first-order valence-electron chi connectivity index (χ1n) is 7.10.